The van der Waals surface area contributed by atoms with Crippen LogP contribution >= 0.6 is 11.6 Å². The van der Waals surface area contributed by atoms with Gasteiger partial charge in [-0.15, -0.1) is 0 Å². The van der Waals surface area contributed by atoms with Gasteiger partial charge in [-0.1, -0.05) is 30.5 Å². The van der Waals surface area contributed by atoms with Gasteiger partial charge in [0.05, 0.1) is 22.7 Å². The molecule has 0 spiro atoms. The number of halogens is 1. The van der Waals surface area contributed by atoms with Gasteiger partial charge in [0, 0.05) is 12.6 Å². The summed E-state index contributed by atoms with van der Waals surface area (Å²) in [6.45, 7) is 1.05. The maximum absolute atomic E-state index is 10.9. The Balaban J connectivity index is 1.86. The first-order valence-corrected chi connectivity index (χ1v) is 6.84. The summed E-state index contributed by atoms with van der Waals surface area (Å²) in [5.41, 5.74) is 0.359. The highest BCUT2D eigenvalue weighted by atomic mass is 35.5. The summed E-state index contributed by atoms with van der Waals surface area (Å²) in [6, 6.07) is 4.64. The molecule has 0 heterocycles. The zero-order valence-electron chi connectivity index (χ0n) is 10.6. The predicted octanol–water partition coefficient (Wildman–Crippen LogP) is 3.62. The molecular formula is C13H17ClN2O3. The van der Waals surface area contributed by atoms with Gasteiger partial charge in [-0.2, -0.15) is 0 Å². The number of hydrogen-bond acceptors (Lipinski definition) is 4. The van der Waals surface area contributed by atoms with Crippen molar-refractivity contribution in [3.05, 3.63) is 33.3 Å². The number of anilines is 1. The van der Waals surface area contributed by atoms with Crippen molar-refractivity contribution in [2.24, 2.45) is 0 Å². The third-order valence-corrected chi connectivity index (χ3v) is 3.56. The van der Waals surface area contributed by atoms with E-state index in [4.69, 9.17) is 16.3 Å². The molecule has 0 atom stereocenters. The minimum atomic E-state index is -0.438. The fourth-order valence-electron chi connectivity index (χ4n) is 2.30. The van der Waals surface area contributed by atoms with Crippen molar-refractivity contribution in [2.75, 3.05) is 18.5 Å². The van der Waals surface area contributed by atoms with Crippen LogP contribution in [0.25, 0.3) is 0 Å². The lowest BCUT2D eigenvalue weighted by atomic mass is 10.2. The van der Waals surface area contributed by atoms with Crippen LogP contribution in [-0.4, -0.2) is 24.2 Å². The second-order valence-corrected chi connectivity index (χ2v) is 5.00. The quantitative estimate of drug-likeness (QED) is 0.492. The Morgan fingerprint density at radius 1 is 1.42 bits per heavy atom. The van der Waals surface area contributed by atoms with Crippen LogP contribution < -0.4 is 5.32 Å². The topological polar surface area (TPSA) is 64.4 Å². The summed E-state index contributed by atoms with van der Waals surface area (Å²) in [4.78, 5) is 10.5. The van der Waals surface area contributed by atoms with Crippen molar-refractivity contribution >= 4 is 23.0 Å². The largest absolute Gasteiger partial charge is 0.376 e. The van der Waals surface area contributed by atoms with Crippen LogP contribution in [0.2, 0.25) is 5.02 Å². The average molecular weight is 285 g/mol. The predicted molar refractivity (Wildman–Crippen MR) is 74.8 cm³/mol. The third-order valence-electron chi connectivity index (χ3n) is 3.25. The molecular weight excluding hydrogens is 268 g/mol. The van der Waals surface area contributed by atoms with Crippen molar-refractivity contribution in [1.29, 1.82) is 0 Å². The van der Waals surface area contributed by atoms with Crippen molar-refractivity contribution in [1.82, 2.24) is 0 Å². The lowest BCUT2D eigenvalue weighted by Gasteiger charge is -2.12. The molecule has 0 bridgehead atoms. The van der Waals surface area contributed by atoms with E-state index in [0.29, 0.717) is 30.0 Å². The molecule has 1 aromatic rings. The molecule has 0 aromatic heterocycles. The van der Waals surface area contributed by atoms with Gasteiger partial charge in [-0.25, -0.2) is 0 Å². The Kier molecular flexibility index (Phi) is 4.99. The first-order chi connectivity index (χ1) is 9.18. The van der Waals surface area contributed by atoms with Crippen molar-refractivity contribution in [3.8, 4) is 0 Å². The van der Waals surface area contributed by atoms with Crippen LogP contribution in [0.15, 0.2) is 18.2 Å². The monoisotopic (exact) mass is 284 g/mol. The second-order valence-electron chi connectivity index (χ2n) is 4.60. The van der Waals surface area contributed by atoms with E-state index in [1.165, 1.54) is 18.9 Å². The Morgan fingerprint density at radius 3 is 2.84 bits per heavy atom. The Morgan fingerprint density at radius 2 is 2.16 bits per heavy atom. The standard InChI is InChI=1S/C13H17ClN2O3/c14-11-6-3-7-12(16(17)18)13(11)15-8-9-19-10-4-1-2-5-10/h3,6-7,10,15H,1-2,4-5,8-9H2. The van der Waals surface area contributed by atoms with Crippen molar-refractivity contribution in [2.45, 2.75) is 31.8 Å². The van der Waals surface area contributed by atoms with Gasteiger partial charge in [0.2, 0.25) is 0 Å². The van der Waals surface area contributed by atoms with E-state index < -0.39 is 4.92 Å². The number of nitrogens with one attached hydrogen (secondary N) is 1. The van der Waals surface area contributed by atoms with Crippen LogP contribution in [0.4, 0.5) is 11.4 Å². The minimum absolute atomic E-state index is 0.00614. The van der Waals surface area contributed by atoms with Gasteiger partial charge < -0.3 is 10.1 Å². The van der Waals surface area contributed by atoms with Crippen molar-refractivity contribution in [3.63, 3.8) is 0 Å². The smallest absolute Gasteiger partial charge is 0.293 e. The SMILES string of the molecule is O=[N+]([O-])c1cccc(Cl)c1NCCOC1CCCC1. The average Bonchev–Trinajstić information content (AvgIpc) is 2.88. The highest BCUT2D eigenvalue weighted by molar-refractivity contribution is 6.33. The fourth-order valence-corrected chi connectivity index (χ4v) is 2.53. The van der Waals surface area contributed by atoms with Gasteiger partial charge in [0.15, 0.2) is 0 Å². The number of nitrogens with zero attached hydrogens (tertiary/aromatic N) is 1. The molecule has 5 nitrogen and oxygen atoms in total. The number of ether oxygens (including phenoxy) is 1. The summed E-state index contributed by atoms with van der Waals surface area (Å²) in [5.74, 6) is 0. The summed E-state index contributed by atoms with van der Waals surface area (Å²) < 4.78 is 5.69. The highest BCUT2D eigenvalue weighted by Crippen LogP contribution is 2.31. The molecule has 1 fully saturated rings. The molecule has 19 heavy (non-hydrogen) atoms. The first-order valence-electron chi connectivity index (χ1n) is 6.47. The zero-order valence-corrected chi connectivity index (χ0v) is 11.4. The molecule has 2 rings (SSSR count). The zero-order chi connectivity index (χ0) is 13.7. The van der Waals surface area contributed by atoms with Crippen LogP contribution in [0.5, 0.6) is 0 Å². The summed E-state index contributed by atoms with van der Waals surface area (Å²) >= 11 is 5.97. The molecule has 1 aliphatic rings. The van der Waals surface area contributed by atoms with Gasteiger partial charge in [-0.3, -0.25) is 10.1 Å². The highest BCUT2D eigenvalue weighted by Gasteiger charge is 2.17. The first kappa shape index (κ1) is 14.1. The molecule has 0 radical (unpaired) electrons. The van der Waals surface area contributed by atoms with E-state index in [-0.39, 0.29) is 5.69 Å². The normalized spacial score (nSPS) is 15.6. The number of para-hydroxylation sites is 1. The number of hydrogen-bond donors (Lipinski definition) is 1. The maximum atomic E-state index is 10.9. The number of nitro benzene ring substituents is 1. The lowest BCUT2D eigenvalue weighted by Crippen LogP contribution is -2.16. The van der Waals surface area contributed by atoms with E-state index in [9.17, 15) is 10.1 Å². The molecule has 1 aliphatic carbocycles. The summed E-state index contributed by atoms with van der Waals surface area (Å²) in [7, 11) is 0. The van der Waals surface area contributed by atoms with Crippen LogP contribution in [0, 0.1) is 10.1 Å². The second kappa shape index (κ2) is 6.73. The van der Waals surface area contributed by atoms with E-state index in [1.54, 1.807) is 12.1 Å². The van der Waals surface area contributed by atoms with E-state index in [1.807, 2.05) is 0 Å². The minimum Gasteiger partial charge on any atom is -0.376 e. The fraction of sp³-hybridized carbons (Fsp3) is 0.538. The molecule has 1 aromatic carbocycles. The Hall–Kier alpha value is -1.33. The van der Waals surface area contributed by atoms with Crippen LogP contribution in [-0.2, 0) is 4.74 Å². The number of nitro groups is 1. The van der Waals surface area contributed by atoms with E-state index in [2.05, 4.69) is 5.32 Å². The molecule has 0 aliphatic heterocycles. The van der Waals surface area contributed by atoms with Crippen molar-refractivity contribution < 1.29 is 9.66 Å². The van der Waals surface area contributed by atoms with E-state index >= 15 is 0 Å². The molecule has 1 N–H and O–H groups in total. The molecule has 0 amide bonds. The Bertz CT molecular complexity index is 448. The molecule has 6 heteroatoms. The number of rotatable bonds is 6. The molecule has 1 saturated carbocycles. The van der Waals surface area contributed by atoms with Gasteiger partial charge >= 0.3 is 0 Å². The molecule has 0 saturated heterocycles. The van der Waals surface area contributed by atoms with Crippen LogP contribution in [0.1, 0.15) is 25.7 Å². The van der Waals surface area contributed by atoms with E-state index in [0.717, 1.165) is 12.8 Å². The third kappa shape index (κ3) is 3.81. The molecule has 0 unspecified atom stereocenters. The van der Waals surface area contributed by atoms with Gasteiger partial charge in [0.25, 0.3) is 5.69 Å². The summed E-state index contributed by atoms with van der Waals surface area (Å²) in [6.07, 6.45) is 5.05. The van der Waals surface area contributed by atoms with Gasteiger partial charge in [0.1, 0.15) is 5.69 Å². The maximum Gasteiger partial charge on any atom is 0.293 e. The summed E-state index contributed by atoms with van der Waals surface area (Å²) in [5, 5.41) is 14.2. The lowest BCUT2D eigenvalue weighted by molar-refractivity contribution is -0.383. The van der Waals surface area contributed by atoms with Crippen LogP contribution in [0.3, 0.4) is 0 Å². The van der Waals surface area contributed by atoms with Gasteiger partial charge in [-0.05, 0) is 18.9 Å². The molecule has 104 valence electrons. The Labute approximate surface area is 117 Å². The number of benzene rings is 1.